The summed E-state index contributed by atoms with van der Waals surface area (Å²) >= 11 is 0. The molecule has 0 saturated heterocycles. The molecule has 142 valence electrons. The molecule has 3 rings (SSSR count). The minimum Gasteiger partial charge on any atom is -0.492 e. The molecule has 1 aliphatic carbocycles. The Morgan fingerprint density at radius 3 is 2.56 bits per heavy atom. The van der Waals surface area contributed by atoms with Crippen molar-refractivity contribution in [2.45, 2.75) is 32.6 Å². The van der Waals surface area contributed by atoms with Crippen LogP contribution in [-0.4, -0.2) is 41.9 Å². The Hall–Kier alpha value is -2.46. The smallest absolute Gasteiger partial charge is 0.156 e. The van der Waals surface area contributed by atoms with E-state index in [9.17, 15) is 4.79 Å². The predicted octanol–water partition coefficient (Wildman–Crippen LogP) is 4.33. The van der Waals surface area contributed by atoms with Crippen molar-refractivity contribution in [2.24, 2.45) is 0 Å². The number of hydrogen-bond acceptors (Lipinski definition) is 4. The van der Waals surface area contributed by atoms with Crippen LogP contribution in [0.15, 0.2) is 54.9 Å². The van der Waals surface area contributed by atoms with Gasteiger partial charge < -0.3 is 9.64 Å². The SMILES string of the molecule is CCN(CC)CCOc1ccc(C2=CC(=O)CC(c3cccnc3)C2)cc1. The van der Waals surface area contributed by atoms with Crippen LogP contribution in [0.25, 0.3) is 5.57 Å². The molecular weight excluding hydrogens is 336 g/mol. The second kappa shape index (κ2) is 9.47. The van der Waals surface area contributed by atoms with Gasteiger partial charge in [-0.3, -0.25) is 9.78 Å². The van der Waals surface area contributed by atoms with Crippen molar-refractivity contribution in [1.82, 2.24) is 9.88 Å². The van der Waals surface area contributed by atoms with Crippen molar-refractivity contribution in [3.63, 3.8) is 0 Å². The lowest BCUT2D eigenvalue weighted by Gasteiger charge is -2.22. The molecule has 0 N–H and O–H groups in total. The van der Waals surface area contributed by atoms with Gasteiger partial charge in [0.15, 0.2) is 5.78 Å². The zero-order chi connectivity index (χ0) is 19.1. The lowest BCUT2D eigenvalue weighted by Crippen LogP contribution is -2.27. The molecule has 0 bridgehead atoms. The van der Waals surface area contributed by atoms with Gasteiger partial charge in [-0.2, -0.15) is 0 Å². The topological polar surface area (TPSA) is 42.4 Å². The third-order valence-electron chi connectivity index (χ3n) is 5.20. The highest BCUT2D eigenvalue weighted by atomic mass is 16.5. The van der Waals surface area contributed by atoms with Crippen LogP contribution < -0.4 is 4.74 Å². The minimum atomic E-state index is 0.185. The van der Waals surface area contributed by atoms with E-state index in [0.717, 1.165) is 48.5 Å². The molecule has 1 unspecified atom stereocenters. The fraction of sp³-hybridized carbons (Fsp3) is 0.391. The van der Waals surface area contributed by atoms with Crippen LogP contribution in [0.3, 0.4) is 0 Å². The molecular formula is C23H28N2O2. The van der Waals surface area contributed by atoms with Gasteiger partial charge in [-0.1, -0.05) is 32.0 Å². The number of ether oxygens (including phenoxy) is 1. The quantitative estimate of drug-likeness (QED) is 0.699. The number of carbonyl (C=O) groups excluding carboxylic acids is 1. The summed E-state index contributed by atoms with van der Waals surface area (Å²) in [6.45, 7) is 8.02. The number of aromatic nitrogens is 1. The summed E-state index contributed by atoms with van der Waals surface area (Å²) in [5.41, 5.74) is 3.32. The van der Waals surface area contributed by atoms with E-state index in [1.54, 1.807) is 12.3 Å². The first-order valence-electron chi connectivity index (χ1n) is 9.78. The predicted molar refractivity (Wildman–Crippen MR) is 109 cm³/mol. The Balaban J connectivity index is 1.63. The van der Waals surface area contributed by atoms with Crippen molar-refractivity contribution in [1.29, 1.82) is 0 Å². The molecule has 0 aliphatic heterocycles. The normalized spacial score (nSPS) is 17.1. The number of nitrogens with zero attached hydrogens (tertiary/aromatic N) is 2. The fourth-order valence-corrected chi connectivity index (χ4v) is 3.54. The Morgan fingerprint density at radius 2 is 1.89 bits per heavy atom. The van der Waals surface area contributed by atoms with Gasteiger partial charge in [-0.15, -0.1) is 0 Å². The third kappa shape index (κ3) is 5.27. The number of likely N-dealkylation sites (N-methyl/N-ethyl adjacent to an activating group) is 1. The number of ketones is 1. The number of benzene rings is 1. The van der Waals surface area contributed by atoms with Crippen LogP contribution in [0.4, 0.5) is 0 Å². The molecule has 0 spiro atoms. The Morgan fingerprint density at radius 1 is 1.11 bits per heavy atom. The van der Waals surface area contributed by atoms with Crippen LogP contribution in [0.2, 0.25) is 0 Å². The molecule has 1 aromatic heterocycles. The largest absolute Gasteiger partial charge is 0.492 e. The van der Waals surface area contributed by atoms with Gasteiger partial charge in [0.2, 0.25) is 0 Å². The molecule has 1 atom stereocenters. The van der Waals surface area contributed by atoms with E-state index in [4.69, 9.17) is 4.74 Å². The summed E-state index contributed by atoms with van der Waals surface area (Å²) < 4.78 is 5.86. The van der Waals surface area contributed by atoms with Crippen molar-refractivity contribution >= 4 is 11.4 Å². The maximum Gasteiger partial charge on any atom is 0.156 e. The Labute approximate surface area is 161 Å². The highest BCUT2D eigenvalue weighted by Gasteiger charge is 2.23. The molecule has 1 aromatic carbocycles. The average molecular weight is 364 g/mol. The average Bonchev–Trinajstić information content (AvgIpc) is 2.72. The molecule has 1 heterocycles. The van der Waals surface area contributed by atoms with E-state index in [1.165, 1.54) is 0 Å². The van der Waals surface area contributed by atoms with Crippen LogP contribution >= 0.6 is 0 Å². The van der Waals surface area contributed by atoms with Crippen LogP contribution in [0.5, 0.6) is 5.75 Å². The highest BCUT2D eigenvalue weighted by Crippen LogP contribution is 2.36. The van der Waals surface area contributed by atoms with E-state index in [-0.39, 0.29) is 11.7 Å². The number of allylic oxidation sites excluding steroid dienone is 2. The second-order valence-electron chi connectivity index (χ2n) is 6.93. The van der Waals surface area contributed by atoms with E-state index in [2.05, 4.69) is 41.9 Å². The van der Waals surface area contributed by atoms with Crippen LogP contribution in [-0.2, 0) is 4.79 Å². The number of rotatable bonds is 8. The first-order chi connectivity index (χ1) is 13.2. The molecule has 1 aliphatic rings. The summed E-state index contributed by atoms with van der Waals surface area (Å²) in [6, 6.07) is 12.1. The van der Waals surface area contributed by atoms with Gasteiger partial charge in [-0.05, 0) is 66.4 Å². The zero-order valence-corrected chi connectivity index (χ0v) is 16.2. The van der Waals surface area contributed by atoms with Gasteiger partial charge in [-0.25, -0.2) is 0 Å². The maximum absolute atomic E-state index is 12.2. The number of hydrogen-bond donors (Lipinski definition) is 0. The van der Waals surface area contributed by atoms with Crippen LogP contribution in [0.1, 0.15) is 43.7 Å². The van der Waals surface area contributed by atoms with Crippen molar-refractivity contribution < 1.29 is 9.53 Å². The minimum absolute atomic E-state index is 0.185. The lowest BCUT2D eigenvalue weighted by molar-refractivity contribution is -0.115. The number of pyridine rings is 1. The molecule has 0 fully saturated rings. The van der Waals surface area contributed by atoms with E-state index in [0.29, 0.717) is 13.0 Å². The molecule has 4 heteroatoms. The number of carbonyl (C=O) groups is 1. The molecule has 0 radical (unpaired) electrons. The second-order valence-corrected chi connectivity index (χ2v) is 6.93. The molecule has 0 amide bonds. The van der Waals surface area contributed by atoms with E-state index in [1.807, 2.05) is 24.4 Å². The molecule has 0 saturated carbocycles. The summed E-state index contributed by atoms with van der Waals surface area (Å²) in [6.07, 6.45) is 6.85. The van der Waals surface area contributed by atoms with Gasteiger partial charge in [0, 0.05) is 25.4 Å². The van der Waals surface area contributed by atoms with Gasteiger partial charge in [0.25, 0.3) is 0 Å². The third-order valence-corrected chi connectivity index (χ3v) is 5.20. The monoisotopic (exact) mass is 364 g/mol. The summed E-state index contributed by atoms with van der Waals surface area (Å²) in [5, 5.41) is 0. The first-order valence-corrected chi connectivity index (χ1v) is 9.78. The standard InChI is InChI=1S/C23H28N2O2/c1-3-25(4-2)12-13-27-23-9-7-18(8-10-23)20-14-21(16-22(26)15-20)19-6-5-11-24-17-19/h5-11,15,17,21H,3-4,12-14,16H2,1-2H3. The van der Waals surface area contributed by atoms with Crippen molar-refractivity contribution in [3.05, 3.63) is 66.0 Å². The van der Waals surface area contributed by atoms with Gasteiger partial charge in [0.1, 0.15) is 12.4 Å². The molecule has 27 heavy (non-hydrogen) atoms. The highest BCUT2D eigenvalue weighted by molar-refractivity contribution is 5.99. The van der Waals surface area contributed by atoms with E-state index >= 15 is 0 Å². The van der Waals surface area contributed by atoms with Gasteiger partial charge in [0.05, 0.1) is 0 Å². The molecule has 2 aromatic rings. The fourth-order valence-electron chi connectivity index (χ4n) is 3.54. The van der Waals surface area contributed by atoms with E-state index < -0.39 is 0 Å². The lowest BCUT2D eigenvalue weighted by atomic mass is 9.81. The summed E-state index contributed by atoms with van der Waals surface area (Å²) in [5.74, 6) is 1.26. The summed E-state index contributed by atoms with van der Waals surface area (Å²) in [7, 11) is 0. The van der Waals surface area contributed by atoms with Gasteiger partial charge >= 0.3 is 0 Å². The maximum atomic E-state index is 12.2. The van der Waals surface area contributed by atoms with Crippen molar-refractivity contribution in [2.75, 3.05) is 26.2 Å². The van der Waals surface area contributed by atoms with Crippen molar-refractivity contribution in [3.8, 4) is 5.75 Å². The Bertz CT molecular complexity index is 765. The zero-order valence-electron chi connectivity index (χ0n) is 16.2. The first kappa shape index (κ1) is 19.3. The summed E-state index contributed by atoms with van der Waals surface area (Å²) in [4.78, 5) is 18.8. The molecule has 4 nitrogen and oxygen atoms in total. The Kier molecular flexibility index (Phi) is 6.77. The van der Waals surface area contributed by atoms with Crippen LogP contribution in [0, 0.1) is 0 Å².